The van der Waals surface area contributed by atoms with Crippen LogP contribution in [0.2, 0.25) is 0 Å². The molecule has 4 rings (SSSR count). The van der Waals surface area contributed by atoms with Crippen molar-refractivity contribution in [3.8, 4) is 10.6 Å². The summed E-state index contributed by atoms with van der Waals surface area (Å²) in [5.41, 5.74) is 4.40. The number of thiophene rings is 1. The zero-order valence-electron chi connectivity index (χ0n) is 12.9. The molecule has 0 aliphatic carbocycles. The Hall–Kier alpha value is -1.82. The number of hydrogen-bond acceptors (Lipinski definition) is 4. The summed E-state index contributed by atoms with van der Waals surface area (Å²) in [5.74, 6) is 0. The molecule has 4 aromatic rings. The first kappa shape index (κ1) is 15.7. The van der Waals surface area contributed by atoms with Crippen LogP contribution in [0.1, 0.15) is 10.4 Å². The average Bonchev–Trinajstić information content (AvgIpc) is 3.19. The first-order valence-electron chi connectivity index (χ1n) is 7.44. The smallest absolute Gasteiger partial charge is 0.124 e. The van der Waals surface area contributed by atoms with Crippen LogP contribution in [0.5, 0.6) is 0 Å². The minimum absolute atomic E-state index is 0.945. The van der Waals surface area contributed by atoms with Crippen LogP contribution in [0.4, 0.5) is 5.69 Å². The molecule has 0 atom stereocenters. The number of fused-ring (bicyclic) bond motifs is 1. The predicted octanol–water partition coefficient (Wildman–Crippen LogP) is 6.85. The molecule has 0 bridgehead atoms. The van der Waals surface area contributed by atoms with Gasteiger partial charge in [0.1, 0.15) is 5.01 Å². The van der Waals surface area contributed by atoms with Gasteiger partial charge in [-0.1, -0.05) is 6.07 Å². The van der Waals surface area contributed by atoms with Crippen molar-refractivity contribution in [2.24, 2.45) is 4.99 Å². The largest absolute Gasteiger partial charge is 0.255 e. The molecule has 0 saturated carbocycles. The van der Waals surface area contributed by atoms with Gasteiger partial charge >= 0.3 is 0 Å². The second kappa shape index (κ2) is 6.59. The molecule has 2 heterocycles. The lowest BCUT2D eigenvalue weighted by molar-refractivity contribution is 1.45. The number of halogens is 1. The third-order valence-electron chi connectivity index (χ3n) is 3.59. The van der Waals surface area contributed by atoms with Crippen LogP contribution in [-0.4, -0.2) is 11.2 Å². The minimum atomic E-state index is 0.945. The molecule has 0 radical (unpaired) electrons. The van der Waals surface area contributed by atoms with E-state index in [0.717, 1.165) is 30.4 Å². The standard InChI is InChI=1S/C19H13BrN2S2/c1-12-2-8-16-17(10-12)24-19(22-16)13-3-5-14(6-4-13)21-11-15-7-9-18(20)23-15/h2-11H,1H3/b21-11+. The maximum Gasteiger partial charge on any atom is 0.124 e. The lowest BCUT2D eigenvalue weighted by Gasteiger charge is -1.97. The Labute approximate surface area is 156 Å². The van der Waals surface area contributed by atoms with E-state index in [1.807, 2.05) is 24.4 Å². The Morgan fingerprint density at radius 2 is 1.83 bits per heavy atom. The van der Waals surface area contributed by atoms with E-state index in [-0.39, 0.29) is 0 Å². The van der Waals surface area contributed by atoms with Gasteiger partial charge in [-0.25, -0.2) is 4.98 Å². The highest BCUT2D eigenvalue weighted by molar-refractivity contribution is 9.11. The van der Waals surface area contributed by atoms with Crippen molar-refractivity contribution in [1.29, 1.82) is 0 Å². The third-order valence-corrected chi connectivity index (χ3v) is 6.22. The number of rotatable bonds is 3. The van der Waals surface area contributed by atoms with Crippen molar-refractivity contribution < 1.29 is 0 Å². The van der Waals surface area contributed by atoms with Crippen LogP contribution in [0.15, 0.2) is 63.4 Å². The molecular formula is C19H13BrN2S2. The van der Waals surface area contributed by atoms with Crippen LogP contribution in [0.25, 0.3) is 20.8 Å². The summed E-state index contributed by atoms with van der Waals surface area (Å²) in [7, 11) is 0. The van der Waals surface area contributed by atoms with Gasteiger partial charge in [0.25, 0.3) is 0 Å². The fraction of sp³-hybridized carbons (Fsp3) is 0.0526. The predicted molar refractivity (Wildman–Crippen MR) is 109 cm³/mol. The average molecular weight is 413 g/mol. The number of nitrogens with zero attached hydrogens (tertiary/aromatic N) is 2. The van der Waals surface area contributed by atoms with E-state index < -0.39 is 0 Å². The van der Waals surface area contributed by atoms with Crippen molar-refractivity contribution in [2.45, 2.75) is 6.92 Å². The fourth-order valence-corrected chi connectivity index (χ4v) is 4.75. The van der Waals surface area contributed by atoms with E-state index in [9.17, 15) is 0 Å². The van der Waals surface area contributed by atoms with Gasteiger partial charge in [-0.15, -0.1) is 22.7 Å². The minimum Gasteiger partial charge on any atom is -0.255 e. The van der Waals surface area contributed by atoms with Gasteiger partial charge in [0.05, 0.1) is 19.7 Å². The van der Waals surface area contributed by atoms with Gasteiger partial charge in [0, 0.05) is 16.7 Å². The lowest BCUT2D eigenvalue weighted by Crippen LogP contribution is -1.76. The number of thiazole rings is 1. The van der Waals surface area contributed by atoms with Crippen LogP contribution < -0.4 is 0 Å². The first-order chi connectivity index (χ1) is 11.7. The highest BCUT2D eigenvalue weighted by atomic mass is 79.9. The monoisotopic (exact) mass is 412 g/mol. The van der Waals surface area contributed by atoms with Gasteiger partial charge in [-0.05, 0) is 76.9 Å². The molecule has 2 aromatic heterocycles. The Kier molecular flexibility index (Phi) is 4.31. The SMILES string of the molecule is Cc1ccc2nc(-c3ccc(/N=C/c4ccc(Br)s4)cc3)sc2c1. The molecule has 0 saturated heterocycles. The van der Waals surface area contributed by atoms with E-state index in [1.54, 1.807) is 22.7 Å². The van der Waals surface area contributed by atoms with E-state index >= 15 is 0 Å². The number of aliphatic imine (C=N–C) groups is 1. The van der Waals surface area contributed by atoms with Crippen molar-refractivity contribution >= 4 is 60.7 Å². The summed E-state index contributed by atoms with van der Waals surface area (Å²) in [6, 6.07) is 18.7. The maximum absolute atomic E-state index is 4.73. The summed E-state index contributed by atoms with van der Waals surface area (Å²) in [6.45, 7) is 2.11. The molecule has 0 fully saturated rings. The van der Waals surface area contributed by atoms with Crippen LogP contribution >= 0.6 is 38.6 Å². The van der Waals surface area contributed by atoms with E-state index in [1.165, 1.54) is 10.3 Å². The molecular weight excluding hydrogens is 400 g/mol. The first-order valence-corrected chi connectivity index (χ1v) is 9.87. The van der Waals surface area contributed by atoms with Crippen LogP contribution in [0, 0.1) is 6.92 Å². The Morgan fingerprint density at radius 1 is 1.00 bits per heavy atom. The molecule has 0 unspecified atom stereocenters. The van der Waals surface area contributed by atoms with E-state index in [4.69, 9.17) is 4.98 Å². The van der Waals surface area contributed by atoms with Crippen molar-refractivity contribution in [2.75, 3.05) is 0 Å². The zero-order valence-corrected chi connectivity index (χ0v) is 16.1. The number of aromatic nitrogens is 1. The van der Waals surface area contributed by atoms with Crippen molar-refractivity contribution in [3.05, 3.63) is 68.8 Å². The lowest BCUT2D eigenvalue weighted by atomic mass is 10.2. The molecule has 5 heteroatoms. The van der Waals surface area contributed by atoms with E-state index in [2.05, 4.69) is 64.2 Å². The number of hydrogen-bond donors (Lipinski definition) is 0. The zero-order chi connectivity index (χ0) is 16.5. The molecule has 0 amide bonds. The van der Waals surface area contributed by atoms with Gasteiger partial charge in [-0.3, -0.25) is 4.99 Å². The molecule has 2 aromatic carbocycles. The molecule has 24 heavy (non-hydrogen) atoms. The molecule has 0 spiro atoms. The Balaban J connectivity index is 1.59. The molecule has 0 N–H and O–H groups in total. The molecule has 2 nitrogen and oxygen atoms in total. The number of aryl methyl sites for hydroxylation is 1. The second-order valence-corrected chi connectivity index (χ2v) is 8.96. The van der Waals surface area contributed by atoms with Gasteiger partial charge < -0.3 is 0 Å². The van der Waals surface area contributed by atoms with Gasteiger partial charge in [-0.2, -0.15) is 0 Å². The van der Waals surface area contributed by atoms with Crippen molar-refractivity contribution in [3.63, 3.8) is 0 Å². The van der Waals surface area contributed by atoms with E-state index in [0.29, 0.717) is 0 Å². The van der Waals surface area contributed by atoms with Crippen LogP contribution in [0.3, 0.4) is 0 Å². The topological polar surface area (TPSA) is 25.2 Å². The highest BCUT2D eigenvalue weighted by Gasteiger charge is 2.06. The fourth-order valence-electron chi connectivity index (χ4n) is 2.38. The van der Waals surface area contributed by atoms with Gasteiger partial charge in [0.2, 0.25) is 0 Å². The molecule has 118 valence electrons. The molecule has 0 aliphatic heterocycles. The van der Waals surface area contributed by atoms with Crippen LogP contribution in [-0.2, 0) is 0 Å². The Bertz CT molecular complexity index is 1030. The summed E-state index contributed by atoms with van der Waals surface area (Å²) in [5, 5.41) is 1.05. The third kappa shape index (κ3) is 3.34. The highest BCUT2D eigenvalue weighted by Crippen LogP contribution is 2.31. The summed E-state index contributed by atoms with van der Waals surface area (Å²) >= 11 is 6.86. The van der Waals surface area contributed by atoms with Gasteiger partial charge in [0.15, 0.2) is 0 Å². The second-order valence-electron chi connectivity index (χ2n) is 5.44. The summed E-state index contributed by atoms with van der Waals surface area (Å²) in [4.78, 5) is 10.4. The summed E-state index contributed by atoms with van der Waals surface area (Å²) in [6.07, 6.45) is 1.89. The quantitative estimate of drug-likeness (QED) is 0.337. The molecule has 0 aliphatic rings. The maximum atomic E-state index is 4.73. The normalized spacial score (nSPS) is 11.6. The van der Waals surface area contributed by atoms with Crippen molar-refractivity contribution in [1.82, 2.24) is 4.98 Å². The summed E-state index contributed by atoms with van der Waals surface area (Å²) < 4.78 is 2.35. The Morgan fingerprint density at radius 3 is 2.58 bits per heavy atom. The number of benzene rings is 2.